The molecule has 0 saturated heterocycles. The maximum absolute atomic E-state index is 13.1. The first-order valence-electron chi connectivity index (χ1n) is 7.97. The number of benzene rings is 2. The quantitative estimate of drug-likeness (QED) is 0.634. The van der Waals surface area contributed by atoms with Gasteiger partial charge in [0.1, 0.15) is 11.6 Å². The Kier molecular flexibility index (Phi) is 7.16. The summed E-state index contributed by atoms with van der Waals surface area (Å²) in [4.78, 5) is 12.3. The second-order valence-electron chi connectivity index (χ2n) is 5.61. The number of hydrogen-bond acceptors (Lipinski definition) is 4. The summed E-state index contributed by atoms with van der Waals surface area (Å²) in [5.74, 6) is -0.504. The molecule has 1 atom stereocenters. The Morgan fingerprint density at radius 1 is 1.23 bits per heavy atom. The van der Waals surface area contributed by atoms with Crippen LogP contribution in [0.1, 0.15) is 13.3 Å². The van der Waals surface area contributed by atoms with Crippen molar-refractivity contribution in [3.05, 3.63) is 58.8 Å². The molecule has 1 N–H and O–H groups in total. The number of halogens is 2. The van der Waals surface area contributed by atoms with E-state index in [1.54, 1.807) is 37.3 Å². The van der Waals surface area contributed by atoms with Gasteiger partial charge in [-0.3, -0.25) is 4.79 Å². The van der Waals surface area contributed by atoms with Crippen LogP contribution in [-0.2, 0) is 14.6 Å². The molecular formula is C18H19BrFNO4S. The van der Waals surface area contributed by atoms with Crippen LogP contribution in [0.3, 0.4) is 0 Å². The molecule has 0 heterocycles. The van der Waals surface area contributed by atoms with Gasteiger partial charge < -0.3 is 10.1 Å². The number of rotatable bonds is 8. The van der Waals surface area contributed by atoms with E-state index in [9.17, 15) is 17.6 Å². The number of hydrogen-bond donors (Lipinski definition) is 1. The highest BCUT2D eigenvalue weighted by Crippen LogP contribution is 2.26. The third kappa shape index (κ3) is 5.81. The summed E-state index contributed by atoms with van der Waals surface area (Å²) in [5, 5.41) is 2.64. The van der Waals surface area contributed by atoms with E-state index in [4.69, 9.17) is 4.74 Å². The van der Waals surface area contributed by atoms with Crippen molar-refractivity contribution in [3.63, 3.8) is 0 Å². The highest BCUT2D eigenvalue weighted by Gasteiger charge is 2.17. The Bertz CT molecular complexity index is 859. The fourth-order valence-corrected chi connectivity index (χ4v) is 3.95. The molecule has 26 heavy (non-hydrogen) atoms. The summed E-state index contributed by atoms with van der Waals surface area (Å²) < 4.78 is 43.2. The molecule has 0 aliphatic rings. The minimum Gasteiger partial charge on any atom is -0.480 e. The van der Waals surface area contributed by atoms with Gasteiger partial charge in [0.05, 0.1) is 15.1 Å². The molecule has 5 nitrogen and oxygen atoms in total. The minimum atomic E-state index is -3.36. The zero-order valence-corrected chi connectivity index (χ0v) is 16.5. The monoisotopic (exact) mass is 443 g/mol. The van der Waals surface area contributed by atoms with Crippen molar-refractivity contribution >= 4 is 31.7 Å². The molecule has 0 bridgehead atoms. The summed E-state index contributed by atoms with van der Waals surface area (Å²) in [6.45, 7) is 1.77. The molecule has 0 saturated carbocycles. The lowest BCUT2D eigenvalue weighted by molar-refractivity contribution is -0.127. The van der Waals surface area contributed by atoms with Gasteiger partial charge in [0.15, 0.2) is 15.9 Å². The molecule has 1 unspecified atom stereocenters. The molecule has 0 spiro atoms. The maximum atomic E-state index is 13.1. The van der Waals surface area contributed by atoms with Gasteiger partial charge in [-0.15, -0.1) is 0 Å². The lowest BCUT2D eigenvalue weighted by Crippen LogP contribution is -2.37. The van der Waals surface area contributed by atoms with Gasteiger partial charge in [-0.25, -0.2) is 12.8 Å². The molecule has 2 aromatic rings. The zero-order chi connectivity index (χ0) is 19.2. The Hall–Kier alpha value is -1.93. The van der Waals surface area contributed by atoms with E-state index in [1.165, 1.54) is 18.2 Å². The fourth-order valence-electron chi connectivity index (χ4n) is 2.18. The van der Waals surface area contributed by atoms with Gasteiger partial charge in [0.2, 0.25) is 0 Å². The lowest BCUT2D eigenvalue weighted by Gasteiger charge is -2.15. The predicted molar refractivity (Wildman–Crippen MR) is 100 cm³/mol. The van der Waals surface area contributed by atoms with Crippen LogP contribution in [0.2, 0.25) is 0 Å². The van der Waals surface area contributed by atoms with E-state index in [0.717, 1.165) is 0 Å². The number of carbonyl (C=O) groups is 1. The number of sulfone groups is 1. The Labute approximate surface area is 160 Å². The van der Waals surface area contributed by atoms with Gasteiger partial charge in [-0.2, -0.15) is 0 Å². The van der Waals surface area contributed by atoms with Gasteiger partial charge in [-0.05, 0) is 59.6 Å². The van der Waals surface area contributed by atoms with Crippen molar-refractivity contribution in [1.29, 1.82) is 0 Å². The molecule has 0 aromatic heterocycles. The predicted octanol–water partition coefficient (Wildman–Crippen LogP) is 3.34. The van der Waals surface area contributed by atoms with Crippen LogP contribution in [0.5, 0.6) is 5.75 Å². The third-order valence-electron chi connectivity index (χ3n) is 3.56. The second-order valence-corrected chi connectivity index (χ2v) is 8.57. The number of nitrogens with one attached hydrogen (secondary N) is 1. The second kappa shape index (κ2) is 9.14. The SMILES string of the molecule is CC(Oc1ccc(F)cc1Br)C(=O)NCCCS(=O)(=O)c1ccccc1. The molecule has 1 amide bonds. The molecule has 0 aliphatic carbocycles. The van der Waals surface area contributed by atoms with E-state index < -0.39 is 21.8 Å². The summed E-state index contributed by atoms with van der Waals surface area (Å²) in [6.07, 6.45) is -0.516. The highest BCUT2D eigenvalue weighted by molar-refractivity contribution is 9.10. The largest absolute Gasteiger partial charge is 0.480 e. The number of amides is 1. The summed E-state index contributed by atoms with van der Waals surface area (Å²) in [7, 11) is -3.36. The van der Waals surface area contributed by atoms with Crippen molar-refractivity contribution in [2.75, 3.05) is 12.3 Å². The van der Waals surface area contributed by atoms with Crippen molar-refractivity contribution in [2.45, 2.75) is 24.3 Å². The Morgan fingerprint density at radius 3 is 2.58 bits per heavy atom. The van der Waals surface area contributed by atoms with E-state index in [-0.39, 0.29) is 29.5 Å². The van der Waals surface area contributed by atoms with Crippen LogP contribution in [0.4, 0.5) is 4.39 Å². The molecule has 0 aliphatic heterocycles. The van der Waals surface area contributed by atoms with Crippen LogP contribution in [0, 0.1) is 5.82 Å². The van der Waals surface area contributed by atoms with Crippen molar-refractivity contribution < 1.29 is 22.3 Å². The van der Waals surface area contributed by atoms with Crippen molar-refractivity contribution in [1.82, 2.24) is 5.32 Å². The van der Waals surface area contributed by atoms with E-state index in [0.29, 0.717) is 10.2 Å². The first kappa shape index (κ1) is 20.4. The first-order chi connectivity index (χ1) is 12.3. The van der Waals surface area contributed by atoms with Gasteiger partial charge in [-0.1, -0.05) is 18.2 Å². The molecule has 2 rings (SSSR count). The van der Waals surface area contributed by atoms with Crippen molar-refractivity contribution in [2.24, 2.45) is 0 Å². The van der Waals surface area contributed by atoms with E-state index in [1.807, 2.05) is 0 Å². The molecule has 2 aromatic carbocycles. The summed E-state index contributed by atoms with van der Waals surface area (Å²) >= 11 is 3.17. The highest BCUT2D eigenvalue weighted by atomic mass is 79.9. The van der Waals surface area contributed by atoms with Crippen LogP contribution in [0.15, 0.2) is 57.9 Å². The minimum absolute atomic E-state index is 0.0595. The summed E-state index contributed by atoms with van der Waals surface area (Å²) in [5.41, 5.74) is 0. The Morgan fingerprint density at radius 2 is 1.92 bits per heavy atom. The number of ether oxygens (including phenoxy) is 1. The Balaban J connectivity index is 1.79. The van der Waals surface area contributed by atoms with Gasteiger partial charge in [0, 0.05) is 6.54 Å². The van der Waals surface area contributed by atoms with E-state index in [2.05, 4.69) is 21.2 Å². The standard InChI is InChI=1S/C18H19BrFNO4S/c1-13(25-17-9-8-14(20)12-16(17)19)18(22)21-10-5-11-26(23,24)15-6-3-2-4-7-15/h2-4,6-9,12-13H,5,10-11H2,1H3,(H,21,22). The summed E-state index contributed by atoms with van der Waals surface area (Å²) in [6, 6.07) is 12.1. The molecule has 0 radical (unpaired) electrons. The van der Waals surface area contributed by atoms with Crippen molar-refractivity contribution in [3.8, 4) is 5.75 Å². The zero-order valence-electron chi connectivity index (χ0n) is 14.1. The first-order valence-corrected chi connectivity index (χ1v) is 10.4. The lowest BCUT2D eigenvalue weighted by atomic mass is 10.3. The smallest absolute Gasteiger partial charge is 0.260 e. The van der Waals surface area contributed by atoms with Gasteiger partial charge >= 0.3 is 0 Å². The third-order valence-corrected chi connectivity index (χ3v) is 5.99. The van der Waals surface area contributed by atoms with E-state index >= 15 is 0 Å². The molecular weight excluding hydrogens is 425 g/mol. The van der Waals surface area contributed by atoms with Gasteiger partial charge in [0.25, 0.3) is 5.91 Å². The van der Waals surface area contributed by atoms with Crippen LogP contribution in [0.25, 0.3) is 0 Å². The van der Waals surface area contributed by atoms with Crippen LogP contribution in [-0.4, -0.2) is 32.7 Å². The molecule has 140 valence electrons. The average Bonchev–Trinajstić information content (AvgIpc) is 2.61. The molecule has 8 heteroatoms. The fraction of sp³-hybridized carbons (Fsp3) is 0.278. The average molecular weight is 444 g/mol. The van der Waals surface area contributed by atoms with Crippen LogP contribution >= 0.6 is 15.9 Å². The molecule has 0 fully saturated rings. The normalized spacial score (nSPS) is 12.4. The maximum Gasteiger partial charge on any atom is 0.260 e. The topological polar surface area (TPSA) is 72.5 Å². The van der Waals surface area contributed by atoms with Crippen LogP contribution < -0.4 is 10.1 Å². The number of carbonyl (C=O) groups excluding carboxylic acids is 1.